The molecule has 1 aromatic carbocycles. The molecule has 5 nitrogen and oxygen atoms in total. The second kappa shape index (κ2) is 6.56. The average Bonchev–Trinajstić information content (AvgIpc) is 3.01. The van der Waals surface area contributed by atoms with Gasteiger partial charge in [-0.3, -0.25) is 4.79 Å². The molecule has 0 radical (unpaired) electrons. The Balaban J connectivity index is 2.02. The first-order valence-corrected chi connectivity index (χ1v) is 6.22. The lowest BCUT2D eigenvalue weighted by atomic mass is 10.2. The molecule has 0 spiro atoms. The summed E-state index contributed by atoms with van der Waals surface area (Å²) in [5, 5.41) is 0. The number of methoxy groups -OCH3 is 1. The molecular formula is C16H14O5. The highest BCUT2D eigenvalue weighted by molar-refractivity contribution is 6.02. The minimum atomic E-state index is -0.543. The van der Waals surface area contributed by atoms with Crippen LogP contribution < -0.4 is 4.74 Å². The van der Waals surface area contributed by atoms with Crippen LogP contribution in [0.5, 0.6) is 5.75 Å². The fraction of sp³-hybridized carbons (Fsp3) is 0.125. The third-order valence-corrected chi connectivity index (χ3v) is 2.68. The van der Waals surface area contributed by atoms with Crippen LogP contribution in [0.3, 0.4) is 0 Å². The number of ketones is 1. The Hall–Kier alpha value is -2.82. The normalized spacial score (nSPS) is 11.0. The molecule has 0 atom stereocenters. The fourth-order valence-electron chi connectivity index (χ4n) is 1.64. The molecule has 0 unspecified atom stereocenters. The molecule has 1 aromatic heterocycles. The number of carbonyl (C=O) groups is 2. The summed E-state index contributed by atoms with van der Waals surface area (Å²) in [7, 11) is 1.54. The van der Waals surface area contributed by atoms with Crippen LogP contribution >= 0.6 is 0 Å². The molecular weight excluding hydrogens is 272 g/mol. The van der Waals surface area contributed by atoms with Crippen LogP contribution in [0.2, 0.25) is 0 Å². The SMILES string of the molecule is COc1ccc(C(=O)O/C(C)=C/C(=O)c2ccco2)cc1. The lowest BCUT2D eigenvalue weighted by molar-refractivity contribution is 0.0625. The lowest BCUT2D eigenvalue weighted by Crippen LogP contribution is -2.05. The molecule has 0 fully saturated rings. The minimum absolute atomic E-state index is 0.190. The molecule has 0 amide bonds. The van der Waals surface area contributed by atoms with Gasteiger partial charge in [0.1, 0.15) is 11.5 Å². The summed E-state index contributed by atoms with van der Waals surface area (Å²) in [4.78, 5) is 23.6. The van der Waals surface area contributed by atoms with Gasteiger partial charge in [-0.2, -0.15) is 0 Å². The molecule has 0 saturated heterocycles. The topological polar surface area (TPSA) is 65.7 Å². The second-order valence-corrected chi connectivity index (χ2v) is 4.21. The van der Waals surface area contributed by atoms with Crippen LogP contribution in [-0.2, 0) is 4.74 Å². The van der Waals surface area contributed by atoms with E-state index in [0.717, 1.165) is 0 Å². The molecule has 0 aliphatic heterocycles. The van der Waals surface area contributed by atoms with Crippen LogP contribution in [0.25, 0.3) is 0 Å². The number of hydrogen-bond acceptors (Lipinski definition) is 5. The molecule has 1 heterocycles. The zero-order valence-corrected chi connectivity index (χ0v) is 11.7. The Morgan fingerprint density at radius 2 is 1.86 bits per heavy atom. The summed E-state index contributed by atoms with van der Waals surface area (Å²) in [6.45, 7) is 1.53. The maximum atomic E-state index is 11.9. The molecule has 0 saturated carbocycles. The minimum Gasteiger partial charge on any atom is -0.497 e. The van der Waals surface area contributed by atoms with Crippen LogP contribution in [0.4, 0.5) is 0 Å². The predicted molar refractivity (Wildman–Crippen MR) is 75.2 cm³/mol. The summed E-state index contributed by atoms with van der Waals surface area (Å²) in [5.41, 5.74) is 0.369. The molecule has 0 aliphatic carbocycles. The van der Waals surface area contributed by atoms with Crippen molar-refractivity contribution < 1.29 is 23.5 Å². The van der Waals surface area contributed by atoms with Crippen LogP contribution in [0.15, 0.2) is 58.9 Å². The van der Waals surface area contributed by atoms with Crippen molar-refractivity contribution in [1.29, 1.82) is 0 Å². The van der Waals surface area contributed by atoms with Crippen molar-refractivity contribution in [3.05, 3.63) is 65.8 Å². The summed E-state index contributed by atoms with van der Waals surface area (Å²) in [6.07, 6.45) is 2.61. The highest BCUT2D eigenvalue weighted by atomic mass is 16.5. The number of hydrogen-bond donors (Lipinski definition) is 0. The van der Waals surface area contributed by atoms with Gasteiger partial charge in [-0.1, -0.05) is 0 Å². The van der Waals surface area contributed by atoms with E-state index in [1.165, 1.54) is 25.3 Å². The van der Waals surface area contributed by atoms with Gasteiger partial charge in [-0.25, -0.2) is 4.79 Å². The van der Waals surface area contributed by atoms with Gasteiger partial charge in [0.25, 0.3) is 0 Å². The average molecular weight is 286 g/mol. The largest absolute Gasteiger partial charge is 0.497 e. The third-order valence-electron chi connectivity index (χ3n) is 2.68. The fourth-order valence-corrected chi connectivity index (χ4v) is 1.64. The molecule has 0 aliphatic rings. The molecule has 2 rings (SSSR count). The number of furan rings is 1. The maximum absolute atomic E-state index is 11.9. The predicted octanol–water partition coefficient (Wildman–Crippen LogP) is 3.23. The molecule has 0 N–H and O–H groups in total. The number of allylic oxidation sites excluding steroid dienone is 2. The zero-order valence-electron chi connectivity index (χ0n) is 11.7. The van der Waals surface area contributed by atoms with Gasteiger partial charge in [-0.15, -0.1) is 0 Å². The van der Waals surface area contributed by atoms with E-state index in [2.05, 4.69) is 0 Å². The van der Waals surface area contributed by atoms with E-state index in [4.69, 9.17) is 13.9 Å². The zero-order chi connectivity index (χ0) is 15.2. The molecule has 108 valence electrons. The molecule has 0 bridgehead atoms. The van der Waals surface area contributed by atoms with Crippen molar-refractivity contribution in [2.75, 3.05) is 7.11 Å². The Kier molecular flexibility index (Phi) is 4.56. The van der Waals surface area contributed by atoms with Crippen molar-refractivity contribution in [3.8, 4) is 5.75 Å². The second-order valence-electron chi connectivity index (χ2n) is 4.21. The van der Waals surface area contributed by atoms with Gasteiger partial charge < -0.3 is 13.9 Å². The highest BCUT2D eigenvalue weighted by Gasteiger charge is 2.11. The van der Waals surface area contributed by atoms with E-state index < -0.39 is 5.97 Å². The van der Waals surface area contributed by atoms with E-state index >= 15 is 0 Å². The van der Waals surface area contributed by atoms with Crippen molar-refractivity contribution in [2.24, 2.45) is 0 Å². The number of rotatable bonds is 5. The Bertz CT molecular complexity index is 650. The van der Waals surface area contributed by atoms with E-state index in [-0.39, 0.29) is 17.3 Å². The van der Waals surface area contributed by atoms with Crippen LogP contribution in [-0.4, -0.2) is 18.9 Å². The smallest absolute Gasteiger partial charge is 0.343 e. The first-order chi connectivity index (χ1) is 10.1. The van der Waals surface area contributed by atoms with E-state index in [1.807, 2.05) is 0 Å². The van der Waals surface area contributed by atoms with Crippen LogP contribution in [0, 0.1) is 0 Å². The van der Waals surface area contributed by atoms with Gasteiger partial charge in [0.15, 0.2) is 5.76 Å². The molecule has 2 aromatic rings. The lowest BCUT2D eigenvalue weighted by Gasteiger charge is -2.05. The quantitative estimate of drug-likeness (QED) is 0.365. The summed E-state index contributed by atoms with van der Waals surface area (Å²) in [6, 6.07) is 9.63. The van der Waals surface area contributed by atoms with Crippen molar-refractivity contribution in [3.63, 3.8) is 0 Å². The van der Waals surface area contributed by atoms with Crippen molar-refractivity contribution in [2.45, 2.75) is 6.92 Å². The summed E-state index contributed by atoms with van der Waals surface area (Å²) < 4.78 is 15.1. The number of carbonyl (C=O) groups excluding carboxylic acids is 2. The standard InChI is InChI=1S/C16H14O5/c1-11(10-14(17)15-4-3-9-20-15)21-16(18)12-5-7-13(19-2)8-6-12/h3-10H,1-2H3/b11-10+. The first-order valence-electron chi connectivity index (χ1n) is 6.22. The van der Waals surface area contributed by atoms with E-state index in [0.29, 0.717) is 11.3 Å². The Morgan fingerprint density at radius 1 is 1.14 bits per heavy atom. The number of benzene rings is 1. The van der Waals surface area contributed by atoms with Crippen molar-refractivity contribution >= 4 is 11.8 Å². The molecule has 5 heteroatoms. The van der Waals surface area contributed by atoms with Gasteiger partial charge >= 0.3 is 5.97 Å². The molecule has 21 heavy (non-hydrogen) atoms. The number of esters is 1. The Labute approximate surface area is 121 Å². The maximum Gasteiger partial charge on any atom is 0.343 e. The van der Waals surface area contributed by atoms with Gasteiger partial charge in [0, 0.05) is 6.08 Å². The van der Waals surface area contributed by atoms with Gasteiger partial charge in [0.05, 0.1) is 18.9 Å². The Morgan fingerprint density at radius 3 is 2.43 bits per heavy atom. The third kappa shape index (κ3) is 3.82. The monoisotopic (exact) mass is 286 g/mol. The number of ether oxygens (including phenoxy) is 2. The highest BCUT2D eigenvalue weighted by Crippen LogP contribution is 2.13. The van der Waals surface area contributed by atoms with Crippen molar-refractivity contribution in [1.82, 2.24) is 0 Å². The van der Waals surface area contributed by atoms with E-state index in [1.54, 1.807) is 37.4 Å². The van der Waals surface area contributed by atoms with E-state index in [9.17, 15) is 9.59 Å². The summed E-state index contributed by atoms with van der Waals surface area (Å²) in [5.74, 6) is 0.123. The first kappa shape index (κ1) is 14.6. The van der Waals surface area contributed by atoms with Gasteiger partial charge in [-0.05, 0) is 43.3 Å². The van der Waals surface area contributed by atoms with Gasteiger partial charge in [0.2, 0.25) is 5.78 Å². The van der Waals surface area contributed by atoms with Crippen LogP contribution in [0.1, 0.15) is 27.8 Å². The summed E-state index contributed by atoms with van der Waals surface area (Å²) >= 11 is 0.